The number of oxime groups is 1. The monoisotopic (exact) mass is 413 g/mol. The van der Waals surface area contributed by atoms with Crippen molar-refractivity contribution in [2.45, 2.75) is 20.8 Å². The lowest BCUT2D eigenvalue weighted by Crippen LogP contribution is -2.15. The molecule has 0 saturated heterocycles. The van der Waals surface area contributed by atoms with Crippen LogP contribution in [0, 0.1) is 5.41 Å². The van der Waals surface area contributed by atoms with Gasteiger partial charge in [0.1, 0.15) is 5.69 Å². The summed E-state index contributed by atoms with van der Waals surface area (Å²) in [4.78, 5) is 28.8. The number of ether oxygens (including phenoxy) is 1. The van der Waals surface area contributed by atoms with Crippen molar-refractivity contribution in [3.63, 3.8) is 0 Å². The standard InChI is InChI=1S/C17H17Cl2N3O5/c1-17(2,3)8-20-27-16(24)21-14-12(15(23)25-4)13(22-26-14)11-9(18)6-5-7-10(11)19/h5-8H,1-4H3,(H,21,24). The Morgan fingerprint density at radius 2 is 1.89 bits per heavy atom. The summed E-state index contributed by atoms with van der Waals surface area (Å²) in [5.41, 5.74) is -0.162. The second kappa shape index (κ2) is 8.41. The Bertz CT molecular complexity index is 867. The third kappa shape index (κ3) is 5.21. The molecule has 8 nitrogen and oxygen atoms in total. The molecule has 0 saturated carbocycles. The number of amides is 1. The minimum atomic E-state index is -0.978. The van der Waals surface area contributed by atoms with Gasteiger partial charge in [-0.2, -0.15) is 0 Å². The van der Waals surface area contributed by atoms with Gasteiger partial charge in [-0.05, 0) is 12.1 Å². The maximum atomic E-state index is 12.2. The molecule has 1 aromatic heterocycles. The third-order valence-corrected chi connectivity index (χ3v) is 3.70. The Balaban J connectivity index is 2.36. The van der Waals surface area contributed by atoms with E-state index in [4.69, 9.17) is 32.5 Å². The lowest BCUT2D eigenvalue weighted by molar-refractivity contribution is 0.0602. The number of nitrogens with zero attached hydrogens (tertiary/aromatic N) is 2. The van der Waals surface area contributed by atoms with Crippen molar-refractivity contribution in [1.29, 1.82) is 0 Å². The molecular weight excluding hydrogens is 397 g/mol. The Labute approximate surface area is 165 Å². The van der Waals surface area contributed by atoms with Crippen LogP contribution in [0.3, 0.4) is 0 Å². The second-order valence-electron chi connectivity index (χ2n) is 6.43. The molecule has 1 amide bonds. The van der Waals surface area contributed by atoms with Gasteiger partial charge in [0.2, 0.25) is 5.88 Å². The van der Waals surface area contributed by atoms with Crippen molar-refractivity contribution in [2.75, 3.05) is 12.4 Å². The van der Waals surface area contributed by atoms with Crippen molar-refractivity contribution < 1.29 is 23.7 Å². The van der Waals surface area contributed by atoms with Gasteiger partial charge in [-0.15, -0.1) is 0 Å². The summed E-state index contributed by atoms with van der Waals surface area (Å²) in [5, 5.41) is 10.1. The van der Waals surface area contributed by atoms with Crippen LogP contribution in [-0.2, 0) is 9.57 Å². The van der Waals surface area contributed by atoms with Gasteiger partial charge in [0.15, 0.2) is 5.56 Å². The Morgan fingerprint density at radius 3 is 2.44 bits per heavy atom. The van der Waals surface area contributed by atoms with E-state index >= 15 is 0 Å². The van der Waals surface area contributed by atoms with Crippen LogP contribution in [-0.4, -0.2) is 30.5 Å². The van der Waals surface area contributed by atoms with Crippen LogP contribution in [0.5, 0.6) is 0 Å². The molecule has 0 atom stereocenters. The average molecular weight is 414 g/mol. The predicted molar refractivity (Wildman–Crippen MR) is 101 cm³/mol. The van der Waals surface area contributed by atoms with E-state index in [9.17, 15) is 9.59 Å². The molecule has 27 heavy (non-hydrogen) atoms. The molecule has 0 radical (unpaired) electrons. The van der Waals surface area contributed by atoms with E-state index in [2.05, 4.69) is 20.5 Å². The first-order valence-electron chi connectivity index (χ1n) is 7.69. The zero-order valence-electron chi connectivity index (χ0n) is 15.0. The second-order valence-corrected chi connectivity index (χ2v) is 7.24. The van der Waals surface area contributed by atoms with Crippen molar-refractivity contribution in [2.24, 2.45) is 10.6 Å². The number of benzene rings is 1. The number of aromatic nitrogens is 1. The summed E-state index contributed by atoms with van der Waals surface area (Å²) >= 11 is 12.3. The number of anilines is 1. The fourth-order valence-corrected chi connectivity index (χ4v) is 2.49. The van der Waals surface area contributed by atoms with Crippen LogP contribution in [0.1, 0.15) is 31.1 Å². The van der Waals surface area contributed by atoms with Crippen molar-refractivity contribution in [3.05, 3.63) is 33.8 Å². The largest absolute Gasteiger partial charge is 0.465 e. The maximum absolute atomic E-state index is 12.2. The van der Waals surface area contributed by atoms with E-state index in [1.54, 1.807) is 18.2 Å². The van der Waals surface area contributed by atoms with Crippen LogP contribution in [0.15, 0.2) is 27.9 Å². The first kappa shape index (κ1) is 20.7. The Hall–Kier alpha value is -2.58. The quantitative estimate of drug-likeness (QED) is 0.326. The predicted octanol–water partition coefficient (Wildman–Crippen LogP) is 5.02. The maximum Gasteiger partial charge on any atom is 0.440 e. The molecule has 10 heteroatoms. The van der Waals surface area contributed by atoms with E-state index in [0.717, 1.165) is 0 Å². The highest BCUT2D eigenvalue weighted by atomic mass is 35.5. The summed E-state index contributed by atoms with van der Waals surface area (Å²) in [5.74, 6) is -1.10. The van der Waals surface area contributed by atoms with Crippen LogP contribution < -0.4 is 5.32 Å². The van der Waals surface area contributed by atoms with Crippen molar-refractivity contribution >= 4 is 47.4 Å². The zero-order valence-corrected chi connectivity index (χ0v) is 16.5. The van der Waals surface area contributed by atoms with Crippen LogP contribution in [0.25, 0.3) is 11.3 Å². The molecule has 0 aliphatic heterocycles. The number of hydrogen-bond acceptors (Lipinski definition) is 7. The third-order valence-electron chi connectivity index (χ3n) is 3.07. The van der Waals surface area contributed by atoms with Gasteiger partial charge in [0, 0.05) is 17.2 Å². The first-order chi connectivity index (χ1) is 12.6. The van der Waals surface area contributed by atoms with Gasteiger partial charge in [-0.3, -0.25) is 10.2 Å². The van der Waals surface area contributed by atoms with Crippen LogP contribution >= 0.6 is 23.2 Å². The topological polar surface area (TPSA) is 103 Å². The molecule has 0 fully saturated rings. The summed E-state index contributed by atoms with van der Waals surface area (Å²) in [6.45, 7) is 5.63. The molecule has 1 aromatic carbocycles. The van der Waals surface area contributed by atoms with Gasteiger partial charge < -0.3 is 9.26 Å². The summed E-state index contributed by atoms with van der Waals surface area (Å²) < 4.78 is 9.81. The molecule has 0 bridgehead atoms. The van der Waals surface area contributed by atoms with E-state index in [-0.39, 0.29) is 38.2 Å². The summed E-state index contributed by atoms with van der Waals surface area (Å²) in [6.07, 6.45) is 0.469. The highest BCUT2D eigenvalue weighted by Gasteiger charge is 2.29. The molecule has 0 aliphatic carbocycles. The average Bonchev–Trinajstić information content (AvgIpc) is 2.96. The molecule has 2 rings (SSSR count). The van der Waals surface area contributed by atoms with Gasteiger partial charge in [-0.25, -0.2) is 9.59 Å². The van der Waals surface area contributed by atoms with Gasteiger partial charge in [0.25, 0.3) is 0 Å². The molecule has 0 aliphatic rings. The smallest absolute Gasteiger partial charge is 0.440 e. The van der Waals surface area contributed by atoms with Gasteiger partial charge in [0.05, 0.1) is 17.2 Å². The van der Waals surface area contributed by atoms with E-state index in [1.165, 1.54) is 13.3 Å². The lowest BCUT2D eigenvalue weighted by atomic mass is 10.00. The SMILES string of the molecule is COC(=O)c1c(-c2c(Cl)cccc2Cl)noc1NC(=O)ON=CC(C)(C)C. The first-order valence-corrected chi connectivity index (χ1v) is 8.44. The fraction of sp³-hybridized carbons (Fsp3) is 0.294. The Kier molecular flexibility index (Phi) is 6.45. The number of nitrogens with one attached hydrogen (secondary N) is 1. The molecule has 0 unspecified atom stereocenters. The highest BCUT2D eigenvalue weighted by Crippen LogP contribution is 2.38. The number of hydrogen-bond donors (Lipinski definition) is 1. The number of esters is 1. The van der Waals surface area contributed by atoms with Crippen molar-refractivity contribution in [3.8, 4) is 11.3 Å². The minimum absolute atomic E-state index is 0.0194. The summed E-state index contributed by atoms with van der Waals surface area (Å²) in [7, 11) is 1.17. The number of rotatable bonds is 4. The lowest BCUT2D eigenvalue weighted by Gasteiger charge is -2.09. The molecule has 0 spiro atoms. The number of methoxy groups -OCH3 is 1. The molecular formula is C17H17Cl2N3O5. The number of halogens is 2. The molecule has 144 valence electrons. The minimum Gasteiger partial charge on any atom is -0.465 e. The number of carbonyl (C=O) groups excluding carboxylic acids is 2. The molecule has 2 aromatic rings. The molecule has 1 N–H and O–H groups in total. The number of carbonyl (C=O) groups is 2. The summed E-state index contributed by atoms with van der Waals surface area (Å²) in [6, 6.07) is 4.78. The Morgan fingerprint density at radius 1 is 1.26 bits per heavy atom. The highest BCUT2D eigenvalue weighted by molar-refractivity contribution is 6.39. The van der Waals surface area contributed by atoms with Crippen LogP contribution in [0.4, 0.5) is 10.7 Å². The van der Waals surface area contributed by atoms with Crippen LogP contribution in [0.2, 0.25) is 10.0 Å². The van der Waals surface area contributed by atoms with Gasteiger partial charge >= 0.3 is 12.1 Å². The molecule has 1 heterocycles. The zero-order chi connectivity index (χ0) is 20.2. The fourth-order valence-electron chi connectivity index (χ4n) is 1.91. The van der Waals surface area contributed by atoms with Crippen molar-refractivity contribution in [1.82, 2.24) is 5.16 Å². The van der Waals surface area contributed by atoms with Gasteiger partial charge in [-0.1, -0.05) is 60.4 Å². The van der Waals surface area contributed by atoms with E-state index in [0.29, 0.717) is 0 Å². The van der Waals surface area contributed by atoms with E-state index < -0.39 is 12.1 Å². The normalized spacial score (nSPS) is 11.5. The van der Waals surface area contributed by atoms with E-state index in [1.807, 2.05) is 20.8 Å².